The fourth-order valence-electron chi connectivity index (χ4n) is 1.43. The quantitative estimate of drug-likeness (QED) is 0.527. The molecule has 0 saturated heterocycles. The maximum Gasteiger partial charge on any atom is 0.303 e. The molecule has 3 N–H and O–H groups in total. The normalized spacial score (nSPS) is 13.8. The van der Waals surface area contributed by atoms with Crippen LogP contribution in [0.2, 0.25) is 0 Å². The van der Waals surface area contributed by atoms with Crippen LogP contribution in [0.5, 0.6) is 0 Å². The fourth-order valence-corrected chi connectivity index (χ4v) is 1.43. The lowest BCUT2D eigenvalue weighted by atomic mass is 9.84. The van der Waals surface area contributed by atoms with E-state index in [9.17, 15) is 4.79 Å². The Hall–Kier alpha value is -0.610. The van der Waals surface area contributed by atoms with Crippen molar-refractivity contribution in [2.75, 3.05) is 13.1 Å². The third-order valence-electron chi connectivity index (χ3n) is 2.73. The molecule has 0 spiro atoms. The number of aliphatic carboxylic acids is 1. The molecule has 1 atom stereocenters. The first kappa shape index (κ1) is 15.4. The highest BCUT2D eigenvalue weighted by Gasteiger charge is 2.18. The Bertz CT molecular complexity index is 202. The van der Waals surface area contributed by atoms with E-state index in [1.54, 1.807) is 6.92 Å². The number of nitrogens with one attached hydrogen (secondary N) is 1. The summed E-state index contributed by atoms with van der Waals surface area (Å²) in [4.78, 5) is 10.5. The second-order valence-electron chi connectivity index (χ2n) is 5.20. The summed E-state index contributed by atoms with van der Waals surface area (Å²) in [5.74, 6) is -0.727. The van der Waals surface area contributed by atoms with Crippen molar-refractivity contribution >= 4 is 5.97 Å². The molecule has 0 radical (unpaired) electrons. The zero-order chi connectivity index (χ0) is 12.6. The van der Waals surface area contributed by atoms with E-state index in [4.69, 9.17) is 10.2 Å². The third kappa shape index (κ3) is 9.93. The van der Waals surface area contributed by atoms with Crippen molar-refractivity contribution in [1.82, 2.24) is 5.32 Å². The van der Waals surface area contributed by atoms with E-state index in [0.29, 0.717) is 6.42 Å². The summed E-state index contributed by atoms with van der Waals surface area (Å²) in [7, 11) is 0. The molecular formula is C12H25NO3. The Morgan fingerprint density at radius 2 is 1.94 bits per heavy atom. The average Bonchev–Trinajstić information content (AvgIpc) is 2.14. The van der Waals surface area contributed by atoms with E-state index in [0.717, 1.165) is 25.9 Å². The number of carbonyl (C=O) groups is 1. The van der Waals surface area contributed by atoms with Crippen LogP contribution in [-0.4, -0.2) is 35.4 Å². The van der Waals surface area contributed by atoms with Gasteiger partial charge in [0.05, 0.1) is 6.10 Å². The molecule has 16 heavy (non-hydrogen) atoms. The van der Waals surface area contributed by atoms with Gasteiger partial charge in [-0.3, -0.25) is 4.79 Å². The molecule has 0 aromatic carbocycles. The van der Waals surface area contributed by atoms with E-state index in [-0.39, 0.29) is 17.9 Å². The van der Waals surface area contributed by atoms with Gasteiger partial charge in [0, 0.05) is 6.42 Å². The summed E-state index contributed by atoms with van der Waals surface area (Å²) >= 11 is 0. The van der Waals surface area contributed by atoms with E-state index in [1.807, 2.05) is 0 Å². The van der Waals surface area contributed by atoms with Crippen LogP contribution in [0.1, 0.15) is 46.5 Å². The standard InChI is InChI=1S/C12H25NO3/c1-10(14)5-8-13-9-7-12(2,3)6-4-11(15)16/h10,13-14H,4-9H2,1-3H3,(H,15,16). The molecule has 0 fully saturated rings. The topological polar surface area (TPSA) is 69.6 Å². The Morgan fingerprint density at radius 3 is 2.44 bits per heavy atom. The summed E-state index contributed by atoms with van der Waals surface area (Å²) in [6, 6.07) is 0. The summed E-state index contributed by atoms with van der Waals surface area (Å²) in [5, 5.41) is 20.9. The molecule has 0 aliphatic rings. The molecule has 0 saturated carbocycles. The first-order valence-electron chi connectivity index (χ1n) is 5.94. The molecule has 0 aromatic rings. The van der Waals surface area contributed by atoms with Gasteiger partial charge in [0.25, 0.3) is 0 Å². The Morgan fingerprint density at radius 1 is 1.31 bits per heavy atom. The molecule has 0 aromatic heterocycles. The highest BCUT2D eigenvalue weighted by Crippen LogP contribution is 2.25. The number of rotatable bonds is 9. The first-order chi connectivity index (χ1) is 7.33. The highest BCUT2D eigenvalue weighted by atomic mass is 16.4. The fraction of sp³-hybridized carbons (Fsp3) is 0.917. The number of hydrogen-bond donors (Lipinski definition) is 3. The predicted octanol–water partition coefficient (Wildman–Crippen LogP) is 1.63. The molecule has 0 aliphatic heterocycles. The summed E-state index contributed by atoms with van der Waals surface area (Å²) in [6.45, 7) is 7.64. The highest BCUT2D eigenvalue weighted by molar-refractivity contribution is 5.66. The number of carboxylic acid groups (broad SMARTS) is 1. The van der Waals surface area contributed by atoms with Crippen LogP contribution in [0.3, 0.4) is 0 Å². The maximum absolute atomic E-state index is 10.5. The van der Waals surface area contributed by atoms with Gasteiger partial charge in [-0.05, 0) is 44.7 Å². The van der Waals surface area contributed by atoms with E-state index < -0.39 is 5.97 Å². The van der Waals surface area contributed by atoms with Gasteiger partial charge in [-0.2, -0.15) is 0 Å². The van der Waals surface area contributed by atoms with Crippen molar-refractivity contribution in [2.24, 2.45) is 5.41 Å². The molecule has 1 unspecified atom stereocenters. The lowest BCUT2D eigenvalue weighted by molar-refractivity contribution is -0.137. The summed E-state index contributed by atoms with van der Waals surface area (Å²) in [5.41, 5.74) is 0.0657. The largest absolute Gasteiger partial charge is 0.481 e. The zero-order valence-electron chi connectivity index (χ0n) is 10.6. The molecule has 96 valence electrons. The SMILES string of the molecule is CC(O)CCNCCC(C)(C)CCC(=O)O. The lowest BCUT2D eigenvalue weighted by Crippen LogP contribution is -2.25. The second kappa shape index (κ2) is 7.63. The van der Waals surface area contributed by atoms with Gasteiger partial charge in [-0.1, -0.05) is 13.8 Å². The molecular weight excluding hydrogens is 206 g/mol. The zero-order valence-corrected chi connectivity index (χ0v) is 10.6. The van der Waals surface area contributed by atoms with Crippen molar-refractivity contribution in [3.63, 3.8) is 0 Å². The number of carboxylic acids is 1. The Balaban J connectivity index is 3.53. The molecule has 0 heterocycles. The van der Waals surface area contributed by atoms with Crippen LogP contribution in [0, 0.1) is 5.41 Å². The van der Waals surface area contributed by atoms with Gasteiger partial charge >= 0.3 is 5.97 Å². The third-order valence-corrected chi connectivity index (χ3v) is 2.73. The van der Waals surface area contributed by atoms with E-state index >= 15 is 0 Å². The van der Waals surface area contributed by atoms with Gasteiger partial charge in [0.1, 0.15) is 0 Å². The second-order valence-corrected chi connectivity index (χ2v) is 5.20. The first-order valence-corrected chi connectivity index (χ1v) is 5.94. The van der Waals surface area contributed by atoms with Gasteiger partial charge in [-0.15, -0.1) is 0 Å². The van der Waals surface area contributed by atoms with Gasteiger partial charge in [0.15, 0.2) is 0 Å². The molecule has 0 rings (SSSR count). The Kier molecular flexibility index (Phi) is 7.34. The smallest absolute Gasteiger partial charge is 0.303 e. The number of hydrogen-bond acceptors (Lipinski definition) is 3. The van der Waals surface area contributed by atoms with E-state index in [1.165, 1.54) is 0 Å². The summed E-state index contributed by atoms with van der Waals surface area (Å²) < 4.78 is 0. The summed E-state index contributed by atoms with van der Waals surface area (Å²) in [6.07, 6.45) is 2.41. The minimum absolute atomic E-state index is 0.0657. The number of aliphatic hydroxyl groups is 1. The van der Waals surface area contributed by atoms with Crippen molar-refractivity contribution in [1.29, 1.82) is 0 Å². The minimum atomic E-state index is -0.727. The van der Waals surface area contributed by atoms with Gasteiger partial charge in [-0.25, -0.2) is 0 Å². The lowest BCUT2D eigenvalue weighted by Gasteiger charge is -2.23. The predicted molar refractivity (Wildman–Crippen MR) is 64.4 cm³/mol. The van der Waals surface area contributed by atoms with Crippen molar-refractivity contribution in [3.05, 3.63) is 0 Å². The van der Waals surface area contributed by atoms with Crippen LogP contribution in [0.15, 0.2) is 0 Å². The molecule has 0 aliphatic carbocycles. The van der Waals surface area contributed by atoms with Gasteiger partial charge < -0.3 is 15.5 Å². The van der Waals surface area contributed by atoms with Crippen LogP contribution < -0.4 is 5.32 Å². The van der Waals surface area contributed by atoms with Crippen LogP contribution in [0.4, 0.5) is 0 Å². The minimum Gasteiger partial charge on any atom is -0.481 e. The molecule has 4 nitrogen and oxygen atoms in total. The van der Waals surface area contributed by atoms with Crippen LogP contribution in [-0.2, 0) is 4.79 Å². The van der Waals surface area contributed by atoms with Crippen molar-refractivity contribution in [3.8, 4) is 0 Å². The maximum atomic E-state index is 10.5. The van der Waals surface area contributed by atoms with Gasteiger partial charge in [0.2, 0.25) is 0 Å². The van der Waals surface area contributed by atoms with Crippen LogP contribution in [0.25, 0.3) is 0 Å². The van der Waals surface area contributed by atoms with E-state index in [2.05, 4.69) is 19.2 Å². The van der Waals surface area contributed by atoms with Crippen molar-refractivity contribution < 1.29 is 15.0 Å². The molecule has 4 heteroatoms. The molecule has 0 bridgehead atoms. The number of aliphatic hydroxyl groups excluding tert-OH is 1. The monoisotopic (exact) mass is 231 g/mol. The Labute approximate surface area is 98.1 Å². The molecule has 0 amide bonds. The van der Waals surface area contributed by atoms with Crippen molar-refractivity contribution in [2.45, 2.75) is 52.6 Å². The average molecular weight is 231 g/mol. The van der Waals surface area contributed by atoms with Crippen LogP contribution >= 0.6 is 0 Å².